The monoisotopic (exact) mass is 495 g/mol. The van der Waals surface area contributed by atoms with Crippen LogP contribution in [0.1, 0.15) is 15.9 Å². The van der Waals surface area contributed by atoms with Crippen LogP contribution in [0.5, 0.6) is 5.75 Å². The van der Waals surface area contributed by atoms with Gasteiger partial charge in [-0.2, -0.15) is 0 Å². The van der Waals surface area contributed by atoms with E-state index >= 15 is 0 Å². The number of rotatable bonds is 5. The number of benzene rings is 3. The van der Waals surface area contributed by atoms with Crippen molar-refractivity contribution in [2.75, 3.05) is 13.1 Å². The minimum absolute atomic E-state index is 0.00643. The van der Waals surface area contributed by atoms with E-state index in [-0.39, 0.29) is 29.8 Å². The largest absolute Gasteiger partial charge is 0.505 e. The van der Waals surface area contributed by atoms with Gasteiger partial charge in [0.05, 0.1) is 23.9 Å². The Bertz CT molecular complexity index is 1340. The van der Waals surface area contributed by atoms with Gasteiger partial charge in [0.2, 0.25) is 0 Å². The maximum atomic E-state index is 14.5. The molecule has 3 aromatic rings. The predicted molar refractivity (Wildman–Crippen MR) is 117 cm³/mol. The first kappa shape index (κ1) is 23.1. The molecule has 1 amide bonds. The molecule has 0 spiro atoms. The Labute approximate surface area is 193 Å². The second-order valence-corrected chi connectivity index (χ2v) is 10.0. The number of phenols is 1. The molecule has 33 heavy (non-hydrogen) atoms. The molecular weight excluding hydrogens is 479 g/mol. The minimum Gasteiger partial charge on any atom is -0.505 e. The molecule has 0 atom stereocenters. The first-order chi connectivity index (χ1) is 15.6. The summed E-state index contributed by atoms with van der Waals surface area (Å²) in [5.41, 5.74) is -0.0573. The van der Waals surface area contributed by atoms with Crippen molar-refractivity contribution in [3.05, 3.63) is 82.4 Å². The van der Waals surface area contributed by atoms with Crippen LogP contribution in [0.4, 0.5) is 13.2 Å². The van der Waals surface area contributed by atoms with E-state index in [1.807, 2.05) is 0 Å². The van der Waals surface area contributed by atoms with Gasteiger partial charge in [0.1, 0.15) is 22.7 Å². The lowest BCUT2D eigenvalue weighted by Gasteiger charge is -2.34. The summed E-state index contributed by atoms with van der Waals surface area (Å²) >= 11 is 5.94. The van der Waals surface area contributed by atoms with Crippen molar-refractivity contribution in [1.82, 2.24) is 4.90 Å². The number of carbonyl (C=O) groups is 1. The van der Waals surface area contributed by atoms with Gasteiger partial charge in [-0.05, 0) is 23.8 Å². The summed E-state index contributed by atoms with van der Waals surface area (Å²) in [6.07, 6.45) is -1.16. The van der Waals surface area contributed by atoms with Crippen LogP contribution < -0.4 is 0 Å². The van der Waals surface area contributed by atoms with E-state index in [1.54, 1.807) is 30.3 Å². The number of phenolic OH excluding ortho intramolecular Hbond substituents is 1. The molecule has 0 bridgehead atoms. The maximum Gasteiger partial charge on any atom is 0.254 e. The van der Waals surface area contributed by atoms with Gasteiger partial charge in [0.15, 0.2) is 15.6 Å². The summed E-state index contributed by atoms with van der Waals surface area (Å²) in [4.78, 5) is 13.0. The molecule has 1 saturated heterocycles. The van der Waals surface area contributed by atoms with Gasteiger partial charge in [-0.15, -0.1) is 0 Å². The average molecular weight is 496 g/mol. The van der Waals surface area contributed by atoms with Gasteiger partial charge >= 0.3 is 0 Å². The van der Waals surface area contributed by atoms with E-state index in [9.17, 15) is 31.5 Å². The number of carbonyl (C=O) groups excluding carboxylic acids is 1. The van der Waals surface area contributed by atoms with Crippen molar-refractivity contribution >= 4 is 27.3 Å². The summed E-state index contributed by atoms with van der Waals surface area (Å²) in [5, 5.41) is 9.86. The lowest BCUT2D eigenvalue weighted by Crippen LogP contribution is -2.51. The number of amides is 1. The third-order valence-electron chi connectivity index (χ3n) is 5.30. The number of nitrogens with zero attached hydrogens (tertiary/aromatic N) is 1. The molecule has 0 unspecified atom stereocenters. The van der Waals surface area contributed by atoms with Gasteiger partial charge in [-0.3, -0.25) is 4.79 Å². The molecule has 1 heterocycles. The summed E-state index contributed by atoms with van der Waals surface area (Å²) < 4.78 is 68.1. The molecule has 0 radical (unpaired) electrons. The zero-order valence-corrected chi connectivity index (χ0v) is 18.5. The lowest BCUT2D eigenvalue weighted by molar-refractivity contribution is 0.0400. The quantitative estimate of drug-likeness (QED) is 0.554. The molecule has 1 N–H and O–H groups in total. The number of halogens is 4. The molecule has 3 aromatic carbocycles. The first-order valence-electron chi connectivity index (χ1n) is 9.79. The highest BCUT2D eigenvalue weighted by atomic mass is 35.5. The fraction of sp³-hybridized carbons (Fsp3) is 0.174. The van der Waals surface area contributed by atoms with E-state index in [2.05, 4.69) is 0 Å². The number of alkyl halides is 1. The number of hydrogen-bond acceptors (Lipinski definition) is 4. The van der Waals surface area contributed by atoms with Crippen LogP contribution in [0.3, 0.4) is 0 Å². The number of hydrogen-bond donors (Lipinski definition) is 1. The molecule has 4 rings (SSSR count). The third-order valence-corrected chi connectivity index (χ3v) is 7.26. The Hall–Kier alpha value is -3.04. The highest BCUT2D eigenvalue weighted by Crippen LogP contribution is 2.36. The molecule has 1 fully saturated rings. The fourth-order valence-electron chi connectivity index (χ4n) is 3.53. The second kappa shape index (κ2) is 8.72. The predicted octanol–water partition coefficient (Wildman–Crippen LogP) is 4.76. The summed E-state index contributed by atoms with van der Waals surface area (Å²) in [6.45, 7) is -0.273. The van der Waals surface area contributed by atoms with Crippen molar-refractivity contribution in [2.45, 2.75) is 16.8 Å². The lowest BCUT2D eigenvalue weighted by atomic mass is 10.0. The minimum atomic E-state index is -4.42. The van der Waals surface area contributed by atoms with Gasteiger partial charge in [0.25, 0.3) is 5.91 Å². The molecule has 5 nitrogen and oxygen atoms in total. The van der Waals surface area contributed by atoms with Gasteiger partial charge in [-0.25, -0.2) is 21.6 Å². The van der Waals surface area contributed by atoms with Crippen molar-refractivity contribution in [2.24, 2.45) is 0 Å². The number of sulfone groups is 1. The van der Waals surface area contributed by atoms with Crippen molar-refractivity contribution in [1.29, 1.82) is 0 Å². The van der Waals surface area contributed by atoms with Crippen LogP contribution in [0.15, 0.2) is 59.5 Å². The zero-order valence-electron chi connectivity index (χ0n) is 16.9. The van der Waals surface area contributed by atoms with Crippen molar-refractivity contribution < 1.29 is 31.5 Å². The molecular formula is C23H17ClF3NO4S. The SMILES string of the molecule is O=C(c1cc(Cl)c(O)c(S(=O)(=O)Cc2cc(-c3ccccc3)c(F)cc2F)c1)N1CC(F)C1. The van der Waals surface area contributed by atoms with Crippen LogP contribution in [0.2, 0.25) is 5.02 Å². The van der Waals surface area contributed by atoms with Gasteiger partial charge in [0, 0.05) is 22.8 Å². The molecule has 1 aliphatic rings. The maximum absolute atomic E-state index is 14.5. The summed E-state index contributed by atoms with van der Waals surface area (Å²) in [5.74, 6) is -4.31. The van der Waals surface area contributed by atoms with E-state index in [1.165, 1.54) is 0 Å². The first-order valence-corrected chi connectivity index (χ1v) is 11.8. The highest BCUT2D eigenvalue weighted by Gasteiger charge is 2.33. The topological polar surface area (TPSA) is 74.7 Å². The van der Waals surface area contributed by atoms with Crippen LogP contribution in [0.25, 0.3) is 11.1 Å². The van der Waals surface area contributed by atoms with E-state index in [0.29, 0.717) is 11.6 Å². The molecule has 10 heteroatoms. The molecule has 0 aromatic heterocycles. The van der Waals surface area contributed by atoms with Gasteiger partial charge < -0.3 is 10.0 Å². The van der Waals surface area contributed by atoms with Crippen molar-refractivity contribution in [3.8, 4) is 16.9 Å². The second-order valence-electron chi connectivity index (χ2n) is 7.66. The number of aromatic hydroxyl groups is 1. The Morgan fingerprint density at radius 1 is 1.06 bits per heavy atom. The summed E-state index contributed by atoms with van der Waals surface area (Å²) in [7, 11) is -4.42. The molecule has 1 aliphatic heterocycles. The van der Waals surface area contributed by atoms with Crippen LogP contribution in [0, 0.1) is 11.6 Å². The third kappa shape index (κ3) is 4.56. The van der Waals surface area contributed by atoms with E-state index in [0.717, 1.165) is 23.1 Å². The highest BCUT2D eigenvalue weighted by molar-refractivity contribution is 7.90. The molecule has 172 valence electrons. The average Bonchev–Trinajstić information content (AvgIpc) is 2.75. The van der Waals surface area contributed by atoms with Crippen LogP contribution in [-0.4, -0.2) is 43.6 Å². The van der Waals surface area contributed by atoms with Gasteiger partial charge in [-0.1, -0.05) is 41.9 Å². The Morgan fingerprint density at radius 3 is 2.36 bits per heavy atom. The normalized spacial score (nSPS) is 14.2. The summed E-state index contributed by atoms with van der Waals surface area (Å²) in [6, 6.07) is 11.9. The fourth-order valence-corrected chi connectivity index (χ4v) is 5.31. The van der Waals surface area contributed by atoms with Crippen LogP contribution >= 0.6 is 11.6 Å². The zero-order chi connectivity index (χ0) is 23.9. The Morgan fingerprint density at radius 2 is 1.73 bits per heavy atom. The van der Waals surface area contributed by atoms with Crippen LogP contribution in [-0.2, 0) is 15.6 Å². The van der Waals surface area contributed by atoms with E-state index in [4.69, 9.17) is 11.6 Å². The standard InChI is InChI=1S/C23H17ClF3NO4S/c24-18-7-14(23(30)28-10-16(25)11-28)8-21(22(18)29)33(31,32)12-15-6-17(20(27)9-19(15)26)13-4-2-1-3-5-13/h1-9,16,29H,10-12H2. The Balaban J connectivity index is 1.72. The molecule has 0 saturated carbocycles. The smallest absolute Gasteiger partial charge is 0.254 e. The van der Waals surface area contributed by atoms with E-state index < -0.39 is 55.0 Å². The molecule has 0 aliphatic carbocycles. The van der Waals surface area contributed by atoms with Crippen molar-refractivity contribution in [3.63, 3.8) is 0 Å². The Kier molecular flexibility index (Phi) is 6.11. The number of likely N-dealkylation sites (tertiary alicyclic amines) is 1.